The molecule has 3 nitrogen and oxygen atoms in total. The molecular weight excluding hydrogens is 243 g/mol. The molecule has 0 saturated heterocycles. The zero-order valence-corrected chi connectivity index (χ0v) is 11.1. The van der Waals surface area contributed by atoms with E-state index in [-0.39, 0.29) is 18.3 Å². The Morgan fingerprint density at radius 1 is 1.26 bits per heavy atom. The molecule has 1 aliphatic rings. The Kier molecular flexibility index (Phi) is 5.33. The highest BCUT2D eigenvalue weighted by Crippen LogP contribution is 2.17. The Hall–Kier alpha value is -1.42. The average molecular weight is 264 g/mol. The van der Waals surface area contributed by atoms with Crippen LogP contribution < -0.4 is 10.6 Å². The van der Waals surface area contributed by atoms with Gasteiger partial charge in [0.1, 0.15) is 5.82 Å². The molecule has 1 saturated carbocycles. The Morgan fingerprint density at radius 3 is 2.74 bits per heavy atom. The van der Waals surface area contributed by atoms with Crippen molar-refractivity contribution in [1.29, 1.82) is 0 Å². The van der Waals surface area contributed by atoms with E-state index < -0.39 is 0 Å². The summed E-state index contributed by atoms with van der Waals surface area (Å²) < 4.78 is 13.3. The number of amides is 1. The predicted molar refractivity (Wildman–Crippen MR) is 73.1 cm³/mol. The molecule has 104 valence electrons. The maximum atomic E-state index is 13.3. The fourth-order valence-electron chi connectivity index (χ4n) is 2.44. The van der Waals surface area contributed by atoms with Gasteiger partial charge in [-0.1, -0.05) is 31.0 Å². The third-order valence-electron chi connectivity index (χ3n) is 3.57. The molecule has 0 aliphatic heterocycles. The lowest BCUT2D eigenvalue weighted by atomic mass is 10.2. The second kappa shape index (κ2) is 7.24. The number of benzene rings is 1. The number of rotatable bonds is 6. The summed E-state index contributed by atoms with van der Waals surface area (Å²) >= 11 is 0. The molecule has 1 amide bonds. The molecule has 0 radical (unpaired) electrons. The normalized spacial score (nSPS) is 15.6. The minimum atomic E-state index is -0.271. The zero-order valence-electron chi connectivity index (χ0n) is 11.1. The summed E-state index contributed by atoms with van der Waals surface area (Å²) in [7, 11) is 0. The molecule has 1 aliphatic carbocycles. The molecule has 4 heteroatoms. The number of halogens is 1. The molecule has 0 heterocycles. The van der Waals surface area contributed by atoms with Gasteiger partial charge < -0.3 is 10.6 Å². The van der Waals surface area contributed by atoms with Crippen LogP contribution in [0.15, 0.2) is 24.3 Å². The summed E-state index contributed by atoms with van der Waals surface area (Å²) in [4.78, 5) is 11.6. The van der Waals surface area contributed by atoms with Crippen LogP contribution in [-0.2, 0) is 11.3 Å². The topological polar surface area (TPSA) is 41.1 Å². The average Bonchev–Trinajstić information content (AvgIpc) is 2.91. The maximum Gasteiger partial charge on any atom is 0.221 e. The van der Waals surface area contributed by atoms with Crippen LogP contribution in [-0.4, -0.2) is 18.5 Å². The van der Waals surface area contributed by atoms with Crippen LogP contribution in [0.5, 0.6) is 0 Å². The van der Waals surface area contributed by atoms with Crippen LogP contribution in [0.25, 0.3) is 0 Å². The molecule has 19 heavy (non-hydrogen) atoms. The summed E-state index contributed by atoms with van der Waals surface area (Å²) in [5, 5.41) is 6.13. The molecule has 2 N–H and O–H groups in total. The Balaban J connectivity index is 1.63. The van der Waals surface area contributed by atoms with Gasteiger partial charge in [0.15, 0.2) is 0 Å². The molecular formula is C15H21FN2O. The number of hydrogen-bond acceptors (Lipinski definition) is 2. The molecule has 1 aromatic rings. The molecule has 0 aromatic heterocycles. The largest absolute Gasteiger partial charge is 0.352 e. The number of nitrogens with one attached hydrogen (secondary N) is 2. The first-order valence-electron chi connectivity index (χ1n) is 6.99. The highest BCUT2D eigenvalue weighted by Gasteiger charge is 2.14. The van der Waals surface area contributed by atoms with Crippen molar-refractivity contribution in [3.05, 3.63) is 35.6 Å². The van der Waals surface area contributed by atoms with Crippen LogP contribution >= 0.6 is 0 Å². The summed E-state index contributed by atoms with van der Waals surface area (Å²) in [6.45, 7) is 0.961. The van der Waals surface area contributed by atoms with E-state index in [0.717, 1.165) is 0 Å². The first-order chi connectivity index (χ1) is 9.25. The summed E-state index contributed by atoms with van der Waals surface area (Å²) in [6.07, 6.45) is 5.47. The monoisotopic (exact) mass is 264 g/mol. The number of carbonyl (C=O) groups is 1. The third-order valence-corrected chi connectivity index (χ3v) is 3.57. The van der Waals surface area contributed by atoms with Crippen LogP contribution in [0, 0.1) is 5.82 Å². The SMILES string of the molecule is O=C(CCNC1CCCC1)NCc1ccccc1F. The van der Waals surface area contributed by atoms with E-state index in [1.165, 1.54) is 31.7 Å². The first-order valence-corrected chi connectivity index (χ1v) is 6.99. The minimum Gasteiger partial charge on any atom is -0.352 e. The van der Waals surface area contributed by atoms with E-state index in [0.29, 0.717) is 24.6 Å². The van der Waals surface area contributed by atoms with Crippen molar-refractivity contribution in [3.63, 3.8) is 0 Å². The molecule has 0 atom stereocenters. The van der Waals surface area contributed by atoms with Crippen molar-refractivity contribution in [3.8, 4) is 0 Å². The highest BCUT2D eigenvalue weighted by atomic mass is 19.1. The smallest absolute Gasteiger partial charge is 0.221 e. The van der Waals surface area contributed by atoms with Gasteiger partial charge in [0.25, 0.3) is 0 Å². The van der Waals surface area contributed by atoms with Crippen molar-refractivity contribution >= 4 is 5.91 Å². The quantitative estimate of drug-likeness (QED) is 0.828. The standard InChI is InChI=1S/C15H21FN2O/c16-14-8-4-1-5-12(14)11-18-15(19)9-10-17-13-6-2-3-7-13/h1,4-5,8,13,17H,2-3,6-7,9-11H2,(H,18,19). The van der Waals surface area contributed by atoms with E-state index >= 15 is 0 Å². The lowest BCUT2D eigenvalue weighted by molar-refractivity contribution is -0.121. The number of hydrogen-bond donors (Lipinski definition) is 2. The second-order valence-electron chi connectivity index (χ2n) is 5.05. The predicted octanol–water partition coefficient (Wildman–Crippen LogP) is 2.36. The van der Waals surface area contributed by atoms with Gasteiger partial charge in [0.2, 0.25) is 5.91 Å². The van der Waals surface area contributed by atoms with E-state index in [4.69, 9.17) is 0 Å². The molecule has 2 rings (SSSR count). The van der Waals surface area contributed by atoms with Gasteiger partial charge in [-0.15, -0.1) is 0 Å². The van der Waals surface area contributed by atoms with E-state index in [2.05, 4.69) is 10.6 Å². The fourth-order valence-corrected chi connectivity index (χ4v) is 2.44. The van der Waals surface area contributed by atoms with Gasteiger partial charge in [-0.2, -0.15) is 0 Å². The van der Waals surface area contributed by atoms with Crippen LogP contribution in [0.1, 0.15) is 37.7 Å². The van der Waals surface area contributed by atoms with E-state index in [1.807, 2.05) is 0 Å². The molecule has 0 spiro atoms. The van der Waals surface area contributed by atoms with Crippen molar-refractivity contribution in [2.75, 3.05) is 6.54 Å². The van der Waals surface area contributed by atoms with E-state index in [1.54, 1.807) is 18.2 Å². The Morgan fingerprint density at radius 2 is 2.00 bits per heavy atom. The summed E-state index contributed by atoms with van der Waals surface area (Å²) in [6, 6.07) is 7.09. The van der Waals surface area contributed by atoms with Crippen molar-refractivity contribution in [1.82, 2.24) is 10.6 Å². The third kappa shape index (κ3) is 4.63. The summed E-state index contributed by atoms with van der Waals surface area (Å²) in [5.41, 5.74) is 0.527. The molecule has 0 unspecified atom stereocenters. The van der Waals surface area contributed by atoms with Gasteiger partial charge >= 0.3 is 0 Å². The van der Waals surface area contributed by atoms with Gasteiger partial charge in [0, 0.05) is 31.1 Å². The second-order valence-corrected chi connectivity index (χ2v) is 5.05. The van der Waals surface area contributed by atoms with Crippen molar-refractivity contribution in [2.24, 2.45) is 0 Å². The van der Waals surface area contributed by atoms with Crippen molar-refractivity contribution < 1.29 is 9.18 Å². The Bertz CT molecular complexity index is 416. The zero-order chi connectivity index (χ0) is 13.5. The lowest BCUT2D eigenvalue weighted by Gasteiger charge is -2.11. The fraction of sp³-hybridized carbons (Fsp3) is 0.533. The molecule has 0 bridgehead atoms. The van der Waals surface area contributed by atoms with Gasteiger partial charge in [-0.25, -0.2) is 4.39 Å². The summed E-state index contributed by atoms with van der Waals surface area (Å²) in [5.74, 6) is -0.305. The highest BCUT2D eigenvalue weighted by molar-refractivity contribution is 5.76. The van der Waals surface area contributed by atoms with Gasteiger partial charge in [-0.05, 0) is 18.9 Å². The molecule has 1 aromatic carbocycles. The van der Waals surface area contributed by atoms with Crippen LogP contribution in [0.2, 0.25) is 0 Å². The number of carbonyl (C=O) groups excluding carboxylic acids is 1. The molecule has 1 fully saturated rings. The van der Waals surface area contributed by atoms with E-state index in [9.17, 15) is 9.18 Å². The van der Waals surface area contributed by atoms with Gasteiger partial charge in [0.05, 0.1) is 0 Å². The maximum absolute atomic E-state index is 13.3. The first kappa shape index (κ1) is 14.0. The van der Waals surface area contributed by atoms with Gasteiger partial charge in [-0.3, -0.25) is 4.79 Å². The Labute approximate surface area is 113 Å². The lowest BCUT2D eigenvalue weighted by Crippen LogP contribution is -2.31. The van der Waals surface area contributed by atoms with Crippen LogP contribution in [0.4, 0.5) is 4.39 Å². The minimum absolute atomic E-state index is 0.0336. The van der Waals surface area contributed by atoms with Crippen LogP contribution in [0.3, 0.4) is 0 Å². The van der Waals surface area contributed by atoms with Crippen molar-refractivity contribution in [2.45, 2.75) is 44.7 Å².